The number of amides is 1. The van der Waals surface area contributed by atoms with E-state index >= 15 is 0 Å². The molecule has 4 nitrogen and oxygen atoms in total. The molecule has 3 rings (SSSR count). The van der Waals surface area contributed by atoms with Crippen molar-refractivity contribution in [1.82, 2.24) is 10.3 Å². The Kier molecular flexibility index (Phi) is 4.85. The van der Waals surface area contributed by atoms with Crippen LogP contribution >= 0.6 is 11.3 Å². The molecule has 1 amide bonds. The van der Waals surface area contributed by atoms with Crippen molar-refractivity contribution in [2.45, 2.75) is 32.3 Å². The van der Waals surface area contributed by atoms with Crippen molar-refractivity contribution in [3.05, 3.63) is 40.9 Å². The Balaban J connectivity index is 1.61. The number of rotatable bonds is 5. The molecule has 1 aliphatic heterocycles. The maximum absolute atomic E-state index is 12.3. The summed E-state index contributed by atoms with van der Waals surface area (Å²) in [5.41, 5.74) is 1.84. The number of aromatic nitrogens is 1. The number of nitrogens with zero attached hydrogens (tertiary/aromatic N) is 1. The van der Waals surface area contributed by atoms with Gasteiger partial charge in [-0.1, -0.05) is 30.3 Å². The Morgan fingerprint density at radius 1 is 1.41 bits per heavy atom. The predicted molar refractivity (Wildman–Crippen MR) is 88.2 cm³/mol. The fraction of sp³-hybridized carbons (Fsp3) is 0.412. The normalized spacial score (nSPS) is 17.6. The van der Waals surface area contributed by atoms with E-state index in [1.54, 1.807) is 0 Å². The summed E-state index contributed by atoms with van der Waals surface area (Å²) in [6.07, 6.45) is 3.43. The molecule has 5 heteroatoms. The molecule has 1 atom stereocenters. The van der Waals surface area contributed by atoms with Crippen LogP contribution in [-0.2, 0) is 4.74 Å². The first-order chi connectivity index (χ1) is 10.7. The summed E-state index contributed by atoms with van der Waals surface area (Å²) in [4.78, 5) is 17.5. The molecule has 22 heavy (non-hydrogen) atoms. The number of ether oxygens (including phenoxy) is 1. The number of hydrogen-bond donors (Lipinski definition) is 1. The molecule has 1 aliphatic rings. The van der Waals surface area contributed by atoms with Crippen LogP contribution in [0.5, 0.6) is 0 Å². The smallest absolute Gasteiger partial charge is 0.263 e. The van der Waals surface area contributed by atoms with Crippen LogP contribution in [0.1, 0.15) is 34.6 Å². The second kappa shape index (κ2) is 7.03. The van der Waals surface area contributed by atoms with Crippen LogP contribution in [0.3, 0.4) is 0 Å². The summed E-state index contributed by atoms with van der Waals surface area (Å²) < 4.78 is 5.57. The van der Waals surface area contributed by atoms with Crippen LogP contribution in [0.15, 0.2) is 30.3 Å². The van der Waals surface area contributed by atoms with Crippen molar-refractivity contribution in [1.29, 1.82) is 0 Å². The molecule has 0 radical (unpaired) electrons. The lowest BCUT2D eigenvalue weighted by Gasteiger charge is -2.09. The third-order valence-electron chi connectivity index (χ3n) is 3.80. The molecule has 2 heterocycles. The van der Waals surface area contributed by atoms with Gasteiger partial charge in [0, 0.05) is 18.7 Å². The molecule has 1 N–H and O–H groups in total. The van der Waals surface area contributed by atoms with Crippen molar-refractivity contribution in [3.8, 4) is 10.6 Å². The summed E-state index contributed by atoms with van der Waals surface area (Å²) in [6, 6.07) is 9.96. The minimum atomic E-state index is -0.0322. The average molecular weight is 316 g/mol. The van der Waals surface area contributed by atoms with Crippen LogP contribution in [0.4, 0.5) is 0 Å². The van der Waals surface area contributed by atoms with E-state index in [1.165, 1.54) is 11.3 Å². The van der Waals surface area contributed by atoms with Gasteiger partial charge < -0.3 is 10.1 Å². The highest BCUT2D eigenvalue weighted by atomic mass is 32.1. The summed E-state index contributed by atoms with van der Waals surface area (Å²) in [5, 5.41) is 3.87. The van der Waals surface area contributed by atoms with Gasteiger partial charge in [0.15, 0.2) is 0 Å². The lowest BCUT2D eigenvalue weighted by Crippen LogP contribution is -2.26. The summed E-state index contributed by atoms with van der Waals surface area (Å²) >= 11 is 1.45. The first-order valence-electron chi connectivity index (χ1n) is 7.66. The van der Waals surface area contributed by atoms with E-state index in [0.29, 0.717) is 17.5 Å². The van der Waals surface area contributed by atoms with E-state index in [9.17, 15) is 4.79 Å². The molecule has 0 unspecified atom stereocenters. The zero-order valence-corrected chi connectivity index (χ0v) is 13.5. The fourth-order valence-electron chi connectivity index (χ4n) is 2.61. The SMILES string of the molecule is Cc1nc(-c2ccccc2)sc1C(=O)NCC[C@H]1CCCO1. The van der Waals surface area contributed by atoms with Crippen LogP contribution in [-0.4, -0.2) is 30.1 Å². The number of hydrogen-bond acceptors (Lipinski definition) is 4. The van der Waals surface area contributed by atoms with Crippen LogP contribution in [0.25, 0.3) is 10.6 Å². The highest BCUT2D eigenvalue weighted by Crippen LogP contribution is 2.27. The second-order valence-corrected chi connectivity index (χ2v) is 6.48. The maximum atomic E-state index is 12.3. The number of benzene rings is 1. The molecule has 2 aromatic rings. The van der Waals surface area contributed by atoms with E-state index in [1.807, 2.05) is 37.3 Å². The first kappa shape index (κ1) is 15.2. The molecule has 1 fully saturated rings. The maximum Gasteiger partial charge on any atom is 0.263 e. The zero-order valence-electron chi connectivity index (χ0n) is 12.7. The quantitative estimate of drug-likeness (QED) is 0.919. The molecular formula is C17H20N2O2S. The standard InChI is InChI=1S/C17H20N2O2S/c1-12-15(16(20)18-10-9-14-8-5-11-21-14)22-17(19-12)13-6-3-2-4-7-13/h2-4,6-7,14H,5,8-11H2,1H3,(H,18,20)/t14-/m1/s1. The Morgan fingerprint density at radius 3 is 2.95 bits per heavy atom. The van der Waals surface area contributed by atoms with Crippen molar-refractivity contribution < 1.29 is 9.53 Å². The summed E-state index contributed by atoms with van der Waals surface area (Å²) in [6.45, 7) is 3.40. The number of carbonyl (C=O) groups is 1. The number of aryl methyl sites for hydroxylation is 1. The van der Waals surface area contributed by atoms with Gasteiger partial charge in [0.2, 0.25) is 0 Å². The summed E-state index contributed by atoms with van der Waals surface area (Å²) in [5.74, 6) is -0.0322. The Bertz CT molecular complexity index is 633. The molecule has 0 spiro atoms. The van der Waals surface area contributed by atoms with Gasteiger partial charge in [-0.2, -0.15) is 0 Å². The highest BCUT2D eigenvalue weighted by Gasteiger charge is 2.18. The third kappa shape index (κ3) is 3.54. The van der Waals surface area contributed by atoms with Gasteiger partial charge in [-0.3, -0.25) is 4.79 Å². The van der Waals surface area contributed by atoms with Crippen molar-refractivity contribution in [2.75, 3.05) is 13.2 Å². The van der Waals surface area contributed by atoms with Gasteiger partial charge in [0.1, 0.15) is 9.88 Å². The van der Waals surface area contributed by atoms with Crippen molar-refractivity contribution >= 4 is 17.2 Å². The van der Waals surface area contributed by atoms with Crippen molar-refractivity contribution in [2.24, 2.45) is 0 Å². The van der Waals surface area contributed by atoms with E-state index in [-0.39, 0.29) is 5.91 Å². The summed E-state index contributed by atoms with van der Waals surface area (Å²) in [7, 11) is 0. The lowest BCUT2D eigenvalue weighted by molar-refractivity contribution is 0.0910. The predicted octanol–water partition coefficient (Wildman–Crippen LogP) is 3.42. The molecule has 1 aromatic carbocycles. The van der Waals surface area contributed by atoms with Gasteiger partial charge in [-0.15, -0.1) is 11.3 Å². The van der Waals surface area contributed by atoms with Gasteiger partial charge in [-0.05, 0) is 26.2 Å². The van der Waals surface area contributed by atoms with E-state index in [2.05, 4.69) is 10.3 Å². The second-order valence-electron chi connectivity index (χ2n) is 5.48. The third-order valence-corrected chi connectivity index (χ3v) is 5.00. The van der Waals surface area contributed by atoms with Crippen LogP contribution in [0.2, 0.25) is 0 Å². The van der Waals surface area contributed by atoms with Crippen LogP contribution < -0.4 is 5.32 Å². The topological polar surface area (TPSA) is 51.2 Å². The van der Waals surface area contributed by atoms with E-state index in [0.717, 1.165) is 42.1 Å². The van der Waals surface area contributed by atoms with Crippen LogP contribution in [0, 0.1) is 6.92 Å². The van der Waals surface area contributed by atoms with Crippen molar-refractivity contribution in [3.63, 3.8) is 0 Å². The molecule has 1 aromatic heterocycles. The fourth-order valence-corrected chi connectivity index (χ4v) is 3.60. The van der Waals surface area contributed by atoms with E-state index in [4.69, 9.17) is 4.74 Å². The Morgan fingerprint density at radius 2 is 2.23 bits per heavy atom. The average Bonchev–Trinajstić information content (AvgIpc) is 3.17. The first-order valence-corrected chi connectivity index (χ1v) is 8.48. The Hall–Kier alpha value is -1.72. The highest BCUT2D eigenvalue weighted by molar-refractivity contribution is 7.17. The lowest BCUT2D eigenvalue weighted by atomic mass is 10.2. The van der Waals surface area contributed by atoms with Gasteiger partial charge in [-0.25, -0.2) is 4.98 Å². The monoisotopic (exact) mass is 316 g/mol. The molecule has 0 saturated carbocycles. The molecule has 116 valence electrons. The molecule has 0 aliphatic carbocycles. The zero-order chi connectivity index (χ0) is 15.4. The number of thiazole rings is 1. The number of carbonyl (C=O) groups excluding carboxylic acids is 1. The van der Waals surface area contributed by atoms with E-state index < -0.39 is 0 Å². The minimum absolute atomic E-state index is 0.0322. The molecular weight excluding hydrogens is 296 g/mol. The van der Waals surface area contributed by atoms with Gasteiger partial charge >= 0.3 is 0 Å². The molecule has 0 bridgehead atoms. The Labute approximate surface area is 134 Å². The minimum Gasteiger partial charge on any atom is -0.378 e. The molecule has 1 saturated heterocycles. The van der Waals surface area contributed by atoms with Gasteiger partial charge in [0.25, 0.3) is 5.91 Å². The largest absolute Gasteiger partial charge is 0.378 e. The number of nitrogens with one attached hydrogen (secondary N) is 1. The van der Waals surface area contributed by atoms with Gasteiger partial charge in [0.05, 0.1) is 11.8 Å².